The highest BCUT2D eigenvalue weighted by molar-refractivity contribution is 5.71. The van der Waals surface area contributed by atoms with Gasteiger partial charge < -0.3 is 14.2 Å². The zero-order valence-electron chi connectivity index (χ0n) is 54.0. The monoisotopic (exact) mass is 1100 g/mol. The summed E-state index contributed by atoms with van der Waals surface area (Å²) in [5.41, 5.74) is 0. The summed E-state index contributed by atoms with van der Waals surface area (Å²) in [6.45, 7) is 13.9. The van der Waals surface area contributed by atoms with Crippen LogP contribution in [0.2, 0.25) is 0 Å². The minimum atomic E-state index is -0.765. The van der Waals surface area contributed by atoms with Crippen molar-refractivity contribution in [1.82, 2.24) is 0 Å². The molecule has 0 aliphatic carbocycles. The molecule has 0 fully saturated rings. The minimum Gasteiger partial charge on any atom is -0.462 e. The van der Waals surface area contributed by atoms with Crippen LogP contribution in [0.4, 0.5) is 0 Å². The maximum absolute atomic E-state index is 13.0. The van der Waals surface area contributed by atoms with Crippen molar-refractivity contribution in [3.05, 3.63) is 0 Å². The smallest absolute Gasteiger partial charge is 0.306 e. The Labute approximate surface area is 488 Å². The van der Waals surface area contributed by atoms with Crippen molar-refractivity contribution in [2.45, 2.75) is 414 Å². The van der Waals surface area contributed by atoms with Gasteiger partial charge in [0.15, 0.2) is 6.10 Å². The SMILES string of the molecule is CCC(C)CCCCCCCCCCCCCCCCCCCCC(=O)O[C@@H](COC(=O)CCCCCCCCCCCCCCCCCCCCC(C)C)COC(=O)CCCCCCCCCCCCCCCCC(C)C. The van der Waals surface area contributed by atoms with Gasteiger partial charge in [-0.2, -0.15) is 0 Å². The van der Waals surface area contributed by atoms with Gasteiger partial charge in [-0.3, -0.25) is 14.4 Å². The predicted molar refractivity (Wildman–Crippen MR) is 339 cm³/mol. The lowest BCUT2D eigenvalue weighted by Crippen LogP contribution is -2.30. The molecule has 0 aliphatic heterocycles. The van der Waals surface area contributed by atoms with Crippen LogP contribution in [0.5, 0.6) is 0 Å². The lowest BCUT2D eigenvalue weighted by molar-refractivity contribution is -0.167. The van der Waals surface area contributed by atoms with E-state index in [0.717, 1.165) is 75.5 Å². The van der Waals surface area contributed by atoms with Crippen molar-refractivity contribution in [2.75, 3.05) is 13.2 Å². The Balaban J connectivity index is 4.27. The molecule has 78 heavy (non-hydrogen) atoms. The van der Waals surface area contributed by atoms with E-state index < -0.39 is 6.10 Å². The summed E-state index contributed by atoms with van der Waals surface area (Å²) >= 11 is 0. The van der Waals surface area contributed by atoms with Crippen molar-refractivity contribution in [3.8, 4) is 0 Å². The number of carbonyl (C=O) groups is 3. The standard InChI is InChI=1S/C72H140O6/c1-7-68(6)60-54-48-42-36-30-24-17-13-9-11-15-19-27-33-39-45-51-57-63-72(75)78-69(65-77-71(74)62-56-50-44-38-32-26-21-20-23-29-35-41-47-53-59-67(4)5)64-76-70(73)61-55-49-43-37-31-25-18-14-10-8-12-16-22-28-34-40-46-52-58-66(2)3/h66-69H,7-65H2,1-6H3/t68?,69-/m0/s1. The highest BCUT2D eigenvalue weighted by atomic mass is 16.6. The Morgan fingerprint density at radius 1 is 0.256 bits per heavy atom. The van der Waals surface area contributed by atoms with Crippen molar-refractivity contribution < 1.29 is 28.6 Å². The lowest BCUT2D eigenvalue weighted by atomic mass is 9.99. The highest BCUT2D eigenvalue weighted by Gasteiger charge is 2.20. The molecule has 464 valence electrons. The van der Waals surface area contributed by atoms with Gasteiger partial charge in [0.2, 0.25) is 0 Å². The van der Waals surface area contributed by atoms with Crippen LogP contribution in [0.25, 0.3) is 0 Å². The van der Waals surface area contributed by atoms with E-state index in [0.29, 0.717) is 19.3 Å². The maximum Gasteiger partial charge on any atom is 0.306 e. The third-order valence-corrected chi connectivity index (χ3v) is 17.0. The summed E-state index contributed by atoms with van der Waals surface area (Å²) < 4.78 is 17.0. The number of esters is 3. The Hall–Kier alpha value is -1.59. The van der Waals surface area contributed by atoms with Gasteiger partial charge in [-0.05, 0) is 37.0 Å². The van der Waals surface area contributed by atoms with E-state index in [4.69, 9.17) is 14.2 Å². The van der Waals surface area contributed by atoms with Crippen LogP contribution < -0.4 is 0 Å². The number of unbranched alkanes of at least 4 members (excludes halogenated alkanes) is 47. The van der Waals surface area contributed by atoms with E-state index in [2.05, 4.69) is 41.5 Å². The highest BCUT2D eigenvalue weighted by Crippen LogP contribution is 2.20. The summed E-state index contributed by atoms with van der Waals surface area (Å²) in [6.07, 6.45) is 71.1. The molecular formula is C72H140O6. The quantitative estimate of drug-likeness (QED) is 0.0343. The fourth-order valence-electron chi connectivity index (χ4n) is 11.3. The first kappa shape index (κ1) is 76.4. The van der Waals surface area contributed by atoms with Gasteiger partial charge in [0.25, 0.3) is 0 Å². The molecular weight excluding hydrogens is 961 g/mol. The first-order valence-corrected chi connectivity index (χ1v) is 35.6. The number of carbonyl (C=O) groups excluding carboxylic acids is 3. The zero-order chi connectivity index (χ0) is 56.9. The molecule has 2 atom stereocenters. The molecule has 0 aromatic rings. The van der Waals surface area contributed by atoms with Gasteiger partial charge in [0.1, 0.15) is 13.2 Å². The van der Waals surface area contributed by atoms with Gasteiger partial charge in [-0.15, -0.1) is 0 Å². The molecule has 1 unspecified atom stereocenters. The molecule has 0 N–H and O–H groups in total. The van der Waals surface area contributed by atoms with Crippen LogP contribution in [-0.4, -0.2) is 37.2 Å². The second kappa shape index (κ2) is 63.0. The number of ether oxygens (including phenoxy) is 3. The average molecular weight is 1100 g/mol. The van der Waals surface area contributed by atoms with Gasteiger partial charge in [0.05, 0.1) is 0 Å². The topological polar surface area (TPSA) is 78.9 Å². The van der Waals surface area contributed by atoms with E-state index >= 15 is 0 Å². The Morgan fingerprint density at radius 3 is 0.667 bits per heavy atom. The molecule has 0 spiro atoms. The van der Waals surface area contributed by atoms with E-state index in [1.165, 1.54) is 289 Å². The maximum atomic E-state index is 13.0. The fraction of sp³-hybridized carbons (Fsp3) is 0.958. The van der Waals surface area contributed by atoms with Gasteiger partial charge in [-0.25, -0.2) is 0 Å². The predicted octanol–water partition coefficient (Wildman–Crippen LogP) is 24.2. The largest absolute Gasteiger partial charge is 0.462 e. The summed E-state index contributed by atoms with van der Waals surface area (Å²) in [5, 5.41) is 0. The van der Waals surface area contributed by atoms with Crippen LogP contribution in [0.1, 0.15) is 408 Å². The van der Waals surface area contributed by atoms with E-state index in [-0.39, 0.29) is 31.1 Å². The van der Waals surface area contributed by atoms with Crippen LogP contribution in [0, 0.1) is 17.8 Å². The molecule has 0 heterocycles. The van der Waals surface area contributed by atoms with E-state index in [9.17, 15) is 14.4 Å². The van der Waals surface area contributed by atoms with E-state index in [1.807, 2.05) is 0 Å². The van der Waals surface area contributed by atoms with Crippen LogP contribution in [0.3, 0.4) is 0 Å². The third-order valence-electron chi connectivity index (χ3n) is 17.0. The summed E-state index contributed by atoms with van der Waals surface area (Å²) in [4.78, 5) is 38.5. The normalized spacial score (nSPS) is 12.5. The lowest BCUT2D eigenvalue weighted by Gasteiger charge is -2.18. The first-order valence-electron chi connectivity index (χ1n) is 35.6. The second-order valence-electron chi connectivity index (χ2n) is 26.1. The number of hydrogen-bond donors (Lipinski definition) is 0. The van der Waals surface area contributed by atoms with Gasteiger partial charge >= 0.3 is 17.9 Å². The van der Waals surface area contributed by atoms with Gasteiger partial charge in [0, 0.05) is 19.3 Å². The summed E-state index contributed by atoms with van der Waals surface area (Å²) in [7, 11) is 0. The molecule has 0 aromatic heterocycles. The molecule has 0 aromatic carbocycles. The Morgan fingerprint density at radius 2 is 0.449 bits per heavy atom. The Bertz CT molecular complexity index is 1210. The molecule has 0 saturated heterocycles. The van der Waals surface area contributed by atoms with Crippen molar-refractivity contribution in [2.24, 2.45) is 17.8 Å². The molecule has 6 heteroatoms. The molecule has 0 radical (unpaired) electrons. The summed E-state index contributed by atoms with van der Waals surface area (Å²) in [6, 6.07) is 0. The van der Waals surface area contributed by atoms with Crippen LogP contribution in [-0.2, 0) is 28.6 Å². The van der Waals surface area contributed by atoms with Crippen molar-refractivity contribution in [1.29, 1.82) is 0 Å². The molecule has 6 nitrogen and oxygen atoms in total. The minimum absolute atomic E-state index is 0.0617. The van der Waals surface area contributed by atoms with Crippen molar-refractivity contribution in [3.63, 3.8) is 0 Å². The average Bonchev–Trinajstić information content (AvgIpc) is 3.42. The fourth-order valence-corrected chi connectivity index (χ4v) is 11.3. The zero-order valence-corrected chi connectivity index (χ0v) is 54.0. The Kier molecular flexibility index (Phi) is 61.7. The molecule has 0 saturated carbocycles. The third kappa shape index (κ3) is 63.6. The van der Waals surface area contributed by atoms with Crippen LogP contribution in [0.15, 0.2) is 0 Å². The van der Waals surface area contributed by atoms with Crippen LogP contribution >= 0.6 is 0 Å². The molecule has 0 amide bonds. The van der Waals surface area contributed by atoms with Gasteiger partial charge in [-0.1, -0.05) is 369 Å². The molecule has 0 bridgehead atoms. The van der Waals surface area contributed by atoms with E-state index in [1.54, 1.807) is 0 Å². The number of hydrogen-bond acceptors (Lipinski definition) is 6. The molecule has 0 aliphatic rings. The number of rotatable bonds is 65. The summed E-state index contributed by atoms with van der Waals surface area (Å²) in [5.74, 6) is 1.79. The van der Waals surface area contributed by atoms with Crippen molar-refractivity contribution >= 4 is 17.9 Å². The first-order chi connectivity index (χ1) is 38.1. The second-order valence-corrected chi connectivity index (χ2v) is 26.1. The molecule has 0 rings (SSSR count).